The molecule has 11 heteroatoms. The molecule has 1 fully saturated rings. The highest BCUT2D eigenvalue weighted by Crippen LogP contribution is 2.23. The van der Waals surface area contributed by atoms with Gasteiger partial charge in [0.25, 0.3) is 5.91 Å². The normalized spacial score (nSPS) is 17.0. The van der Waals surface area contributed by atoms with Gasteiger partial charge in [-0.25, -0.2) is 13.1 Å². The lowest BCUT2D eigenvalue weighted by atomic mass is 10.2. The highest BCUT2D eigenvalue weighted by molar-refractivity contribution is 7.89. The molecule has 0 unspecified atom stereocenters. The van der Waals surface area contributed by atoms with Crippen LogP contribution in [0.2, 0.25) is 5.02 Å². The first kappa shape index (κ1) is 22.9. The lowest BCUT2D eigenvalue weighted by Gasteiger charge is -2.23. The molecule has 0 saturated carbocycles. The molecule has 0 aliphatic carbocycles. The van der Waals surface area contributed by atoms with Gasteiger partial charge in [0.1, 0.15) is 0 Å². The molecular formula is C17H23ClF3N3O3S. The molecule has 6 nitrogen and oxygen atoms in total. The molecule has 1 aliphatic rings. The SMILES string of the molecule is CC(C)NS(=O)(=O)c1ccc(Cl)c(C(=O)N2CCCN(CC(F)(F)F)CC2)c1. The highest BCUT2D eigenvalue weighted by Gasteiger charge is 2.32. The largest absolute Gasteiger partial charge is 0.401 e. The Labute approximate surface area is 167 Å². The van der Waals surface area contributed by atoms with Crippen molar-refractivity contribution in [1.82, 2.24) is 14.5 Å². The van der Waals surface area contributed by atoms with Gasteiger partial charge in [0.05, 0.1) is 22.0 Å². The van der Waals surface area contributed by atoms with E-state index in [-0.39, 0.29) is 47.7 Å². The minimum Gasteiger partial charge on any atom is -0.337 e. The number of nitrogens with zero attached hydrogens (tertiary/aromatic N) is 2. The summed E-state index contributed by atoms with van der Waals surface area (Å²) in [6.07, 6.45) is -3.92. The summed E-state index contributed by atoms with van der Waals surface area (Å²) in [6, 6.07) is 3.51. The monoisotopic (exact) mass is 441 g/mol. The Morgan fingerprint density at radius 2 is 1.89 bits per heavy atom. The van der Waals surface area contributed by atoms with Crippen LogP contribution in [0.3, 0.4) is 0 Å². The number of amides is 1. The van der Waals surface area contributed by atoms with E-state index in [0.29, 0.717) is 6.42 Å². The number of benzene rings is 1. The second kappa shape index (κ2) is 8.98. The van der Waals surface area contributed by atoms with Crippen molar-refractivity contribution in [3.63, 3.8) is 0 Å². The Morgan fingerprint density at radius 3 is 2.50 bits per heavy atom. The fourth-order valence-corrected chi connectivity index (χ4v) is 4.45. The summed E-state index contributed by atoms with van der Waals surface area (Å²) in [5, 5.41) is 0.0879. The molecule has 1 aromatic carbocycles. The van der Waals surface area contributed by atoms with Crippen molar-refractivity contribution in [2.75, 3.05) is 32.7 Å². The van der Waals surface area contributed by atoms with Crippen LogP contribution in [-0.4, -0.2) is 69.1 Å². The van der Waals surface area contributed by atoms with Gasteiger partial charge < -0.3 is 4.90 Å². The molecule has 1 amide bonds. The molecule has 0 atom stereocenters. The Kier molecular flexibility index (Phi) is 7.35. The molecular weight excluding hydrogens is 419 g/mol. The van der Waals surface area contributed by atoms with Crippen molar-refractivity contribution < 1.29 is 26.4 Å². The zero-order valence-electron chi connectivity index (χ0n) is 15.6. The topological polar surface area (TPSA) is 69.7 Å². The number of sulfonamides is 1. The third-order valence-electron chi connectivity index (χ3n) is 4.15. The molecule has 1 aromatic rings. The summed E-state index contributed by atoms with van der Waals surface area (Å²) in [6.45, 7) is 2.99. The van der Waals surface area contributed by atoms with Gasteiger partial charge in [0.2, 0.25) is 10.0 Å². The summed E-state index contributed by atoms with van der Waals surface area (Å²) in [5.41, 5.74) is 0.0116. The second-order valence-corrected chi connectivity index (χ2v) is 9.08. The molecule has 1 N–H and O–H groups in total. The Morgan fingerprint density at radius 1 is 1.21 bits per heavy atom. The number of carbonyl (C=O) groups is 1. The smallest absolute Gasteiger partial charge is 0.337 e. The van der Waals surface area contributed by atoms with Crippen LogP contribution in [0.25, 0.3) is 0 Å². The fourth-order valence-electron chi connectivity index (χ4n) is 2.97. The van der Waals surface area contributed by atoms with E-state index in [4.69, 9.17) is 11.6 Å². The number of carbonyl (C=O) groups excluding carboxylic acids is 1. The summed E-state index contributed by atoms with van der Waals surface area (Å²) in [4.78, 5) is 15.4. The zero-order valence-corrected chi connectivity index (χ0v) is 17.2. The number of rotatable bonds is 5. The zero-order chi connectivity index (χ0) is 21.1. The highest BCUT2D eigenvalue weighted by atomic mass is 35.5. The van der Waals surface area contributed by atoms with Gasteiger partial charge in [0.15, 0.2) is 0 Å². The average Bonchev–Trinajstić information content (AvgIpc) is 2.77. The third-order valence-corrected chi connectivity index (χ3v) is 6.13. The first-order chi connectivity index (χ1) is 12.9. The number of nitrogens with one attached hydrogen (secondary N) is 1. The minimum atomic E-state index is -4.30. The van der Waals surface area contributed by atoms with Gasteiger partial charge in [-0.05, 0) is 38.5 Å². The number of hydrogen-bond donors (Lipinski definition) is 1. The first-order valence-electron chi connectivity index (χ1n) is 8.79. The molecule has 1 heterocycles. The van der Waals surface area contributed by atoms with Crippen LogP contribution in [0.5, 0.6) is 0 Å². The van der Waals surface area contributed by atoms with Crippen LogP contribution >= 0.6 is 11.6 Å². The van der Waals surface area contributed by atoms with Crippen molar-refractivity contribution in [2.24, 2.45) is 0 Å². The predicted octanol–water partition coefficient (Wildman–Crippen LogP) is 2.74. The summed E-state index contributed by atoms with van der Waals surface area (Å²) in [7, 11) is -3.81. The average molecular weight is 442 g/mol. The number of hydrogen-bond acceptors (Lipinski definition) is 4. The summed E-state index contributed by atoms with van der Waals surface area (Å²) < 4.78 is 64.9. The van der Waals surface area contributed by atoms with E-state index in [1.54, 1.807) is 13.8 Å². The van der Waals surface area contributed by atoms with Crippen LogP contribution in [0.1, 0.15) is 30.6 Å². The molecule has 1 saturated heterocycles. The van der Waals surface area contributed by atoms with Crippen molar-refractivity contribution in [1.29, 1.82) is 0 Å². The standard InChI is InChI=1S/C17H23ClF3N3O3S/c1-12(2)22-28(26,27)13-4-5-15(18)14(10-13)16(25)24-7-3-6-23(8-9-24)11-17(19,20)21/h4-5,10,12,22H,3,6-9,11H2,1-2H3. The van der Waals surface area contributed by atoms with Crippen molar-refractivity contribution in [3.05, 3.63) is 28.8 Å². The van der Waals surface area contributed by atoms with E-state index in [1.807, 2.05) is 0 Å². The van der Waals surface area contributed by atoms with Crippen molar-refractivity contribution in [3.8, 4) is 0 Å². The molecule has 0 bridgehead atoms. The molecule has 0 aromatic heterocycles. The van der Waals surface area contributed by atoms with Gasteiger partial charge in [-0.2, -0.15) is 13.2 Å². The summed E-state index contributed by atoms with van der Waals surface area (Å²) in [5.74, 6) is -0.500. The van der Waals surface area contributed by atoms with Crippen LogP contribution < -0.4 is 4.72 Å². The van der Waals surface area contributed by atoms with Crippen LogP contribution in [0.15, 0.2) is 23.1 Å². The van der Waals surface area contributed by atoms with Crippen LogP contribution in [0.4, 0.5) is 13.2 Å². The fraction of sp³-hybridized carbons (Fsp3) is 0.588. The maximum atomic E-state index is 12.9. The quantitative estimate of drug-likeness (QED) is 0.762. The first-order valence-corrected chi connectivity index (χ1v) is 10.7. The lowest BCUT2D eigenvalue weighted by Crippen LogP contribution is -2.38. The molecule has 28 heavy (non-hydrogen) atoms. The van der Waals surface area contributed by atoms with Crippen molar-refractivity contribution >= 4 is 27.5 Å². The van der Waals surface area contributed by atoms with E-state index in [0.717, 1.165) is 0 Å². The number of halogens is 4. The Balaban J connectivity index is 2.19. The molecule has 2 rings (SSSR count). The van der Waals surface area contributed by atoms with Crippen LogP contribution in [0, 0.1) is 0 Å². The third kappa shape index (κ3) is 6.33. The second-order valence-electron chi connectivity index (χ2n) is 6.95. The van der Waals surface area contributed by atoms with E-state index < -0.39 is 28.7 Å². The van der Waals surface area contributed by atoms with Gasteiger partial charge in [-0.3, -0.25) is 9.69 Å². The summed E-state index contributed by atoms with van der Waals surface area (Å²) >= 11 is 6.10. The Hall–Kier alpha value is -1.36. The predicted molar refractivity (Wildman–Crippen MR) is 99.9 cm³/mol. The van der Waals surface area contributed by atoms with Gasteiger partial charge in [0, 0.05) is 32.2 Å². The molecule has 0 radical (unpaired) electrons. The van der Waals surface area contributed by atoms with Crippen molar-refractivity contribution in [2.45, 2.75) is 37.4 Å². The maximum Gasteiger partial charge on any atom is 0.401 e. The Bertz CT molecular complexity index is 816. The molecule has 158 valence electrons. The van der Waals surface area contributed by atoms with E-state index in [2.05, 4.69) is 4.72 Å². The molecule has 0 spiro atoms. The van der Waals surface area contributed by atoms with E-state index in [9.17, 15) is 26.4 Å². The lowest BCUT2D eigenvalue weighted by molar-refractivity contribution is -0.145. The van der Waals surface area contributed by atoms with Gasteiger partial charge in [-0.15, -0.1) is 0 Å². The van der Waals surface area contributed by atoms with Gasteiger partial charge in [-0.1, -0.05) is 11.6 Å². The van der Waals surface area contributed by atoms with Gasteiger partial charge >= 0.3 is 6.18 Å². The number of alkyl halides is 3. The van der Waals surface area contributed by atoms with Crippen LogP contribution in [-0.2, 0) is 10.0 Å². The maximum absolute atomic E-state index is 12.9. The minimum absolute atomic E-state index is 0.0116. The molecule has 1 aliphatic heterocycles. The van der Waals surface area contributed by atoms with E-state index in [1.165, 1.54) is 28.0 Å². The van der Waals surface area contributed by atoms with E-state index >= 15 is 0 Å².